The summed E-state index contributed by atoms with van der Waals surface area (Å²) in [5.41, 5.74) is 2.58. The first-order valence-corrected chi connectivity index (χ1v) is 6.69. The molecule has 0 bridgehead atoms. The van der Waals surface area contributed by atoms with Crippen LogP contribution in [0.2, 0.25) is 0 Å². The second kappa shape index (κ2) is 5.63. The summed E-state index contributed by atoms with van der Waals surface area (Å²) in [6.45, 7) is 0. The van der Waals surface area contributed by atoms with Crippen LogP contribution >= 0.6 is 0 Å². The molecular formula is C16H14N4O. The number of hydrogen-bond donors (Lipinski definition) is 0. The lowest BCUT2D eigenvalue weighted by Crippen LogP contribution is -1.94. The monoisotopic (exact) mass is 278 g/mol. The van der Waals surface area contributed by atoms with Gasteiger partial charge < -0.3 is 9.09 Å². The number of aryl methyl sites for hydroxylation is 3. The summed E-state index contributed by atoms with van der Waals surface area (Å²) >= 11 is 0. The third-order valence-corrected chi connectivity index (χ3v) is 3.30. The normalized spacial score (nSPS) is 10.5. The average molecular weight is 278 g/mol. The molecule has 0 saturated heterocycles. The zero-order chi connectivity index (χ0) is 14.7. The molecule has 2 heterocycles. The van der Waals surface area contributed by atoms with Gasteiger partial charge in [0.1, 0.15) is 11.8 Å². The highest BCUT2D eigenvalue weighted by molar-refractivity contribution is 5.52. The van der Waals surface area contributed by atoms with Crippen molar-refractivity contribution < 1.29 is 4.52 Å². The van der Waals surface area contributed by atoms with Crippen LogP contribution < -0.4 is 0 Å². The Labute approximate surface area is 122 Å². The lowest BCUT2D eigenvalue weighted by molar-refractivity contribution is 0.420. The molecule has 104 valence electrons. The Morgan fingerprint density at radius 1 is 1.24 bits per heavy atom. The predicted octanol–water partition coefficient (Wildman–Crippen LogP) is 2.73. The Balaban J connectivity index is 1.74. The molecule has 0 unspecified atom stereocenters. The molecule has 0 N–H and O–H groups in total. The molecule has 0 atom stereocenters. The molecule has 0 amide bonds. The molecule has 2 aromatic heterocycles. The lowest BCUT2D eigenvalue weighted by atomic mass is 10.1. The van der Waals surface area contributed by atoms with Crippen molar-refractivity contribution in [1.82, 2.24) is 14.7 Å². The van der Waals surface area contributed by atoms with E-state index in [0.717, 1.165) is 18.5 Å². The van der Waals surface area contributed by atoms with Gasteiger partial charge in [-0.25, -0.2) is 0 Å². The summed E-state index contributed by atoms with van der Waals surface area (Å²) in [6, 6.07) is 14.0. The number of nitriles is 1. The van der Waals surface area contributed by atoms with E-state index in [1.165, 1.54) is 5.56 Å². The van der Waals surface area contributed by atoms with Gasteiger partial charge in [-0.1, -0.05) is 35.5 Å². The van der Waals surface area contributed by atoms with Gasteiger partial charge in [-0.3, -0.25) is 0 Å². The van der Waals surface area contributed by atoms with Crippen molar-refractivity contribution in [3.8, 4) is 17.7 Å². The van der Waals surface area contributed by atoms with E-state index in [-0.39, 0.29) is 0 Å². The minimum absolute atomic E-state index is 0.446. The smallest absolute Gasteiger partial charge is 0.274 e. The van der Waals surface area contributed by atoms with Crippen LogP contribution in [0.3, 0.4) is 0 Å². The predicted molar refractivity (Wildman–Crippen MR) is 77.3 cm³/mol. The van der Waals surface area contributed by atoms with Crippen LogP contribution in [0.4, 0.5) is 0 Å². The minimum atomic E-state index is 0.446. The quantitative estimate of drug-likeness (QED) is 0.736. The number of nitrogens with zero attached hydrogens (tertiary/aromatic N) is 4. The summed E-state index contributed by atoms with van der Waals surface area (Å²) in [4.78, 5) is 4.40. The van der Waals surface area contributed by atoms with Gasteiger partial charge in [0.2, 0.25) is 0 Å². The van der Waals surface area contributed by atoms with Crippen molar-refractivity contribution in [3.63, 3.8) is 0 Å². The van der Waals surface area contributed by atoms with E-state index in [0.29, 0.717) is 17.3 Å². The maximum absolute atomic E-state index is 8.91. The molecule has 0 spiro atoms. The molecule has 3 rings (SSSR count). The molecular weight excluding hydrogens is 264 g/mol. The molecule has 0 aliphatic carbocycles. The summed E-state index contributed by atoms with van der Waals surface area (Å²) in [5.74, 6) is 1.12. The van der Waals surface area contributed by atoms with E-state index in [2.05, 4.69) is 28.3 Å². The van der Waals surface area contributed by atoms with Crippen molar-refractivity contribution in [2.75, 3.05) is 0 Å². The standard InChI is InChI=1S/C16H14N4O/c1-20-11-13(10-17)9-14(20)16-18-15(19-21-16)8-7-12-5-3-2-4-6-12/h2-6,9,11H,7-8H2,1H3. The van der Waals surface area contributed by atoms with Crippen molar-refractivity contribution in [2.24, 2.45) is 7.05 Å². The highest BCUT2D eigenvalue weighted by Crippen LogP contribution is 2.19. The highest BCUT2D eigenvalue weighted by Gasteiger charge is 2.13. The minimum Gasteiger partial charge on any atom is -0.345 e. The van der Waals surface area contributed by atoms with Gasteiger partial charge in [0, 0.05) is 19.7 Å². The molecule has 0 saturated carbocycles. The molecule has 0 aliphatic rings. The largest absolute Gasteiger partial charge is 0.345 e. The zero-order valence-electron chi connectivity index (χ0n) is 11.7. The summed E-state index contributed by atoms with van der Waals surface area (Å²) < 4.78 is 7.10. The van der Waals surface area contributed by atoms with E-state index < -0.39 is 0 Å². The fourth-order valence-corrected chi connectivity index (χ4v) is 2.20. The van der Waals surface area contributed by atoms with Crippen molar-refractivity contribution in [2.45, 2.75) is 12.8 Å². The van der Waals surface area contributed by atoms with Gasteiger partial charge in [-0.2, -0.15) is 10.2 Å². The van der Waals surface area contributed by atoms with Gasteiger partial charge >= 0.3 is 0 Å². The maximum atomic E-state index is 8.91. The van der Waals surface area contributed by atoms with Crippen LogP contribution in [-0.4, -0.2) is 14.7 Å². The summed E-state index contributed by atoms with van der Waals surface area (Å²) in [5, 5.41) is 12.9. The van der Waals surface area contributed by atoms with Crippen LogP contribution in [0, 0.1) is 11.3 Å². The number of rotatable bonds is 4. The Hall–Kier alpha value is -2.87. The SMILES string of the molecule is Cn1cc(C#N)cc1-c1nc(CCc2ccccc2)no1. The van der Waals surface area contributed by atoms with Crippen molar-refractivity contribution >= 4 is 0 Å². The van der Waals surface area contributed by atoms with E-state index >= 15 is 0 Å². The molecule has 21 heavy (non-hydrogen) atoms. The van der Waals surface area contributed by atoms with Crippen molar-refractivity contribution in [3.05, 3.63) is 59.5 Å². The van der Waals surface area contributed by atoms with Crippen LogP contribution in [0.25, 0.3) is 11.6 Å². The highest BCUT2D eigenvalue weighted by atomic mass is 16.5. The van der Waals surface area contributed by atoms with Gasteiger partial charge in [0.05, 0.1) is 5.56 Å². The van der Waals surface area contributed by atoms with E-state index in [9.17, 15) is 0 Å². The van der Waals surface area contributed by atoms with Crippen LogP contribution in [0.5, 0.6) is 0 Å². The molecule has 3 aromatic rings. The van der Waals surface area contributed by atoms with E-state index in [4.69, 9.17) is 9.78 Å². The first kappa shape index (κ1) is 13.1. The van der Waals surface area contributed by atoms with Crippen molar-refractivity contribution in [1.29, 1.82) is 5.26 Å². The summed E-state index contributed by atoms with van der Waals surface area (Å²) in [7, 11) is 1.85. The first-order valence-electron chi connectivity index (χ1n) is 6.69. The maximum Gasteiger partial charge on any atom is 0.274 e. The second-order valence-corrected chi connectivity index (χ2v) is 4.84. The molecule has 5 heteroatoms. The Kier molecular flexibility index (Phi) is 3.52. The zero-order valence-corrected chi connectivity index (χ0v) is 11.7. The summed E-state index contributed by atoms with van der Waals surface area (Å²) in [6.07, 6.45) is 3.34. The average Bonchev–Trinajstić information content (AvgIpc) is 3.12. The third-order valence-electron chi connectivity index (χ3n) is 3.30. The van der Waals surface area contributed by atoms with E-state index in [1.807, 2.05) is 29.8 Å². The molecule has 5 nitrogen and oxygen atoms in total. The fourth-order valence-electron chi connectivity index (χ4n) is 2.20. The number of hydrogen-bond acceptors (Lipinski definition) is 4. The second-order valence-electron chi connectivity index (χ2n) is 4.84. The molecule has 0 fully saturated rings. The van der Waals surface area contributed by atoms with Crippen LogP contribution in [0.15, 0.2) is 47.1 Å². The Morgan fingerprint density at radius 3 is 2.76 bits per heavy atom. The third kappa shape index (κ3) is 2.84. The van der Waals surface area contributed by atoms with Gasteiger partial charge in [-0.15, -0.1) is 0 Å². The Morgan fingerprint density at radius 2 is 2.05 bits per heavy atom. The lowest BCUT2D eigenvalue weighted by Gasteiger charge is -1.96. The number of benzene rings is 1. The van der Waals surface area contributed by atoms with Gasteiger partial charge in [0.15, 0.2) is 5.82 Å². The Bertz CT molecular complexity index is 780. The molecule has 0 radical (unpaired) electrons. The molecule has 0 aliphatic heterocycles. The van der Waals surface area contributed by atoms with Gasteiger partial charge in [-0.05, 0) is 18.1 Å². The van der Waals surface area contributed by atoms with Gasteiger partial charge in [0.25, 0.3) is 5.89 Å². The molecule has 1 aromatic carbocycles. The topological polar surface area (TPSA) is 67.6 Å². The fraction of sp³-hybridized carbons (Fsp3) is 0.188. The first-order chi connectivity index (χ1) is 10.3. The van der Waals surface area contributed by atoms with E-state index in [1.54, 1.807) is 12.3 Å². The number of aromatic nitrogens is 3. The van der Waals surface area contributed by atoms with Crippen LogP contribution in [0.1, 0.15) is 17.0 Å². The van der Waals surface area contributed by atoms with Crippen LogP contribution in [-0.2, 0) is 19.9 Å².